The van der Waals surface area contributed by atoms with E-state index in [4.69, 9.17) is 10.6 Å². The maximum atomic E-state index is 11.5. The van der Waals surface area contributed by atoms with Crippen LogP contribution < -0.4 is 10.6 Å². The highest BCUT2D eigenvalue weighted by atomic mass is 16.5. The maximum absolute atomic E-state index is 11.5. The summed E-state index contributed by atoms with van der Waals surface area (Å²) in [5, 5.41) is 10.7. The molecule has 0 aromatic heterocycles. The first-order valence-electron chi connectivity index (χ1n) is 11.7. The van der Waals surface area contributed by atoms with Gasteiger partial charge in [-0.15, -0.1) is 0 Å². The number of aliphatic carboxylic acids is 1. The molecule has 3 rings (SSSR count). The zero-order chi connectivity index (χ0) is 25.1. The molecule has 0 aliphatic heterocycles. The summed E-state index contributed by atoms with van der Waals surface area (Å²) in [4.78, 5) is 15.7. The fourth-order valence-electron chi connectivity index (χ4n) is 4.74. The molecule has 6 heteroatoms. The van der Waals surface area contributed by atoms with Crippen molar-refractivity contribution in [1.82, 2.24) is 5.01 Å². The van der Waals surface area contributed by atoms with E-state index in [1.807, 2.05) is 24.3 Å². The maximum Gasteiger partial charge on any atom is 0.304 e. The average Bonchev–Trinajstić information content (AvgIpc) is 2.78. The van der Waals surface area contributed by atoms with Gasteiger partial charge in [-0.2, -0.15) is 0 Å². The summed E-state index contributed by atoms with van der Waals surface area (Å²) in [5.74, 6) is 5.63. The minimum Gasteiger partial charge on any atom is -0.489 e. The van der Waals surface area contributed by atoms with Crippen LogP contribution in [0.15, 0.2) is 60.2 Å². The number of nitrogens with two attached hydrogens (primary N) is 1. The molecule has 0 amide bonds. The molecule has 182 valence electrons. The lowest BCUT2D eigenvalue weighted by Gasteiger charge is -2.42. The largest absolute Gasteiger partial charge is 0.489 e. The van der Waals surface area contributed by atoms with Gasteiger partial charge in [-0.1, -0.05) is 64.6 Å². The Morgan fingerprint density at radius 3 is 2.32 bits per heavy atom. The molecule has 0 spiro atoms. The molecular formula is C28H37N3O3. The highest BCUT2D eigenvalue weighted by molar-refractivity contribution is 5.92. The number of carbonyl (C=O) groups is 1. The molecule has 34 heavy (non-hydrogen) atoms. The molecule has 0 fully saturated rings. The van der Waals surface area contributed by atoms with Crippen LogP contribution in [0, 0.1) is 0 Å². The monoisotopic (exact) mass is 463 g/mol. The zero-order valence-electron chi connectivity index (χ0n) is 21.0. The quantitative estimate of drug-likeness (QED) is 0.233. The van der Waals surface area contributed by atoms with Crippen molar-refractivity contribution in [2.45, 2.75) is 70.3 Å². The van der Waals surface area contributed by atoms with Crippen LogP contribution in [0.5, 0.6) is 5.75 Å². The van der Waals surface area contributed by atoms with Crippen LogP contribution in [-0.2, 0) is 22.2 Å². The Morgan fingerprint density at radius 2 is 1.76 bits per heavy atom. The molecule has 2 aromatic carbocycles. The van der Waals surface area contributed by atoms with Crippen molar-refractivity contribution in [3.63, 3.8) is 0 Å². The van der Waals surface area contributed by atoms with Gasteiger partial charge in [-0.25, -0.2) is 10.8 Å². The second-order valence-corrected chi connectivity index (χ2v) is 10.4. The lowest BCUT2D eigenvalue weighted by molar-refractivity contribution is -0.137. The number of hydrogen-bond acceptors (Lipinski definition) is 4. The summed E-state index contributed by atoms with van der Waals surface area (Å²) in [5.41, 5.74) is 5.13. The third-order valence-corrected chi connectivity index (χ3v) is 6.88. The van der Waals surface area contributed by atoms with E-state index in [2.05, 4.69) is 57.5 Å². The molecule has 6 nitrogen and oxygen atoms in total. The number of ether oxygens (including phenoxy) is 1. The Bertz CT molecular complexity index is 1070. The number of benzene rings is 2. The van der Waals surface area contributed by atoms with Gasteiger partial charge < -0.3 is 14.9 Å². The van der Waals surface area contributed by atoms with Crippen LogP contribution >= 0.6 is 0 Å². The number of hydrogen-bond donors (Lipinski definition) is 2. The van der Waals surface area contributed by atoms with Crippen LogP contribution in [0.1, 0.15) is 75.1 Å². The average molecular weight is 464 g/mol. The summed E-state index contributed by atoms with van der Waals surface area (Å²) in [6.45, 7) is 13.4. The molecule has 0 saturated carbocycles. The second kappa shape index (κ2) is 10.0. The number of amidine groups is 1. The van der Waals surface area contributed by atoms with E-state index in [1.54, 1.807) is 7.05 Å². The number of hydrazine groups is 1. The van der Waals surface area contributed by atoms with E-state index in [0.29, 0.717) is 12.4 Å². The molecule has 1 aliphatic rings. The molecule has 3 N–H and O–H groups in total. The van der Waals surface area contributed by atoms with E-state index >= 15 is 0 Å². The normalized spacial score (nSPS) is 17.4. The smallest absolute Gasteiger partial charge is 0.304 e. The number of rotatable bonds is 8. The SMILES string of the molecule is C=CN=C([C@@H](CC(=O)O)c1ccc(OCc2ccc3c(c2)C(C)(C)CCC3(C)C)cc1)N(C)N. The summed E-state index contributed by atoms with van der Waals surface area (Å²) < 4.78 is 6.08. The van der Waals surface area contributed by atoms with Gasteiger partial charge in [0.1, 0.15) is 18.2 Å². The number of fused-ring (bicyclic) bond motifs is 1. The van der Waals surface area contributed by atoms with Gasteiger partial charge >= 0.3 is 5.97 Å². The second-order valence-electron chi connectivity index (χ2n) is 10.4. The predicted molar refractivity (Wildman–Crippen MR) is 137 cm³/mol. The number of nitrogens with zero attached hydrogens (tertiary/aromatic N) is 2. The fourth-order valence-corrected chi connectivity index (χ4v) is 4.74. The Labute approximate surface area is 203 Å². The van der Waals surface area contributed by atoms with Gasteiger partial charge in [-0.3, -0.25) is 4.79 Å². The molecule has 0 bridgehead atoms. The summed E-state index contributed by atoms with van der Waals surface area (Å²) >= 11 is 0. The Hall–Kier alpha value is -3.12. The van der Waals surface area contributed by atoms with Crippen LogP contribution in [-0.4, -0.2) is 29.0 Å². The lowest BCUT2D eigenvalue weighted by Crippen LogP contribution is -2.38. The van der Waals surface area contributed by atoms with Crippen LogP contribution in [0.25, 0.3) is 0 Å². The summed E-state index contributed by atoms with van der Waals surface area (Å²) in [6, 6.07) is 14.2. The van der Waals surface area contributed by atoms with Crippen LogP contribution in [0.2, 0.25) is 0 Å². The van der Waals surface area contributed by atoms with Gasteiger partial charge in [0, 0.05) is 13.2 Å². The molecule has 1 aliphatic carbocycles. The van der Waals surface area contributed by atoms with Crippen molar-refractivity contribution in [3.05, 3.63) is 77.5 Å². The summed E-state index contributed by atoms with van der Waals surface area (Å²) in [6.07, 6.45) is 3.60. The van der Waals surface area contributed by atoms with Crippen molar-refractivity contribution in [2.24, 2.45) is 10.8 Å². The molecule has 0 saturated heterocycles. The predicted octanol–water partition coefficient (Wildman–Crippen LogP) is 5.52. The first-order valence-corrected chi connectivity index (χ1v) is 11.7. The number of carboxylic acids is 1. The summed E-state index contributed by atoms with van der Waals surface area (Å²) in [7, 11) is 1.63. The van der Waals surface area contributed by atoms with Gasteiger partial charge in [0.25, 0.3) is 0 Å². The van der Waals surface area contributed by atoms with Gasteiger partial charge in [0.2, 0.25) is 0 Å². The third kappa shape index (κ3) is 5.68. The standard InChI is InChI=1S/C28H37N3O3/c1-7-30-26(31(6)29)22(17-25(32)33)20-9-11-21(12-10-20)34-18-19-8-13-23-24(16-19)28(4,5)15-14-27(23,2)3/h7-13,16,22H,1,14-15,17-18,29H2,2-6H3,(H,32,33)/t22-/m0/s1. The Morgan fingerprint density at radius 1 is 1.15 bits per heavy atom. The van der Waals surface area contributed by atoms with E-state index < -0.39 is 11.9 Å². The van der Waals surface area contributed by atoms with Gasteiger partial charge in [0.15, 0.2) is 0 Å². The van der Waals surface area contributed by atoms with Gasteiger partial charge in [0.05, 0.1) is 12.3 Å². The first-order chi connectivity index (χ1) is 15.9. The minimum absolute atomic E-state index is 0.129. The topological polar surface area (TPSA) is 88.2 Å². The van der Waals surface area contributed by atoms with Crippen LogP contribution in [0.4, 0.5) is 0 Å². The number of likely N-dealkylation sites (N-methyl/N-ethyl adjacent to an activating group) is 1. The van der Waals surface area contributed by atoms with Crippen molar-refractivity contribution in [2.75, 3.05) is 7.05 Å². The molecule has 0 heterocycles. The highest BCUT2D eigenvalue weighted by Gasteiger charge is 2.36. The van der Waals surface area contributed by atoms with Crippen molar-refractivity contribution in [3.8, 4) is 5.75 Å². The third-order valence-electron chi connectivity index (χ3n) is 6.88. The zero-order valence-corrected chi connectivity index (χ0v) is 21.0. The van der Waals surface area contributed by atoms with E-state index in [0.717, 1.165) is 16.9 Å². The van der Waals surface area contributed by atoms with Crippen LogP contribution in [0.3, 0.4) is 0 Å². The van der Waals surface area contributed by atoms with Crippen molar-refractivity contribution >= 4 is 11.8 Å². The first kappa shape index (κ1) is 25.5. The fraction of sp³-hybridized carbons (Fsp3) is 0.429. The minimum atomic E-state index is -0.928. The van der Waals surface area contributed by atoms with Crippen molar-refractivity contribution < 1.29 is 14.6 Å². The molecule has 0 radical (unpaired) electrons. The van der Waals surface area contributed by atoms with E-state index in [-0.39, 0.29) is 17.3 Å². The van der Waals surface area contributed by atoms with Crippen molar-refractivity contribution in [1.29, 1.82) is 0 Å². The number of aliphatic imine (C=N–C) groups is 1. The highest BCUT2D eigenvalue weighted by Crippen LogP contribution is 2.46. The molecule has 0 unspecified atom stereocenters. The molecule has 2 aromatic rings. The van der Waals surface area contributed by atoms with Gasteiger partial charge in [-0.05, 0) is 58.1 Å². The van der Waals surface area contributed by atoms with E-state index in [9.17, 15) is 9.90 Å². The Balaban J connectivity index is 1.78. The molecule has 1 atom stereocenters. The van der Waals surface area contributed by atoms with E-state index in [1.165, 1.54) is 35.2 Å². The number of carboxylic acid groups (broad SMARTS) is 1. The lowest BCUT2D eigenvalue weighted by atomic mass is 9.63. The Kier molecular flexibility index (Phi) is 7.51. The molecular weight excluding hydrogens is 426 g/mol.